The largest absolute Gasteiger partial charge is 0.487 e. The molecule has 0 aromatic heterocycles. The molecule has 1 fully saturated rings. The van der Waals surface area contributed by atoms with E-state index in [4.69, 9.17) is 18.9 Å². The number of carbonyl (C=O) groups excluding carboxylic acids is 4. The van der Waals surface area contributed by atoms with Crippen LogP contribution in [0.2, 0.25) is 0 Å². The first-order valence-electron chi connectivity index (χ1n) is 18.5. The normalized spacial score (nSPS) is 16.4. The van der Waals surface area contributed by atoms with Crippen molar-refractivity contribution in [3.8, 4) is 5.75 Å². The maximum absolute atomic E-state index is 17.3. The van der Waals surface area contributed by atoms with Gasteiger partial charge in [0.2, 0.25) is 0 Å². The van der Waals surface area contributed by atoms with Gasteiger partial charge in [-0.1, -0.05) is 43.2 Å². The van der Waals surface area contributed by atoms with E-state index >= 15 is 4.39 Å². The Balaban J connectivity index is 1.90. The fourth-order valence-electron chi connectivity index (χ4n) is 6.59. The van der Waals surface area contributed by atoms with Crippen LogP contribution in [-0.2, 0) is 36.8 Å². The number of halogens is 4. The summed E-state index contributed by atoms with van der Waals surface area (Å²) in [6.07, 6.45) is -3.66. The zero-order valence-corrected chi connectivity index (χ0v) is 33.1. The van der Waals surface area contributed by atoms with Gasteiger partial charge in [0.1, 0.15) is 41.4 Å². The van der Waals surface area contributed by atoms with Crippen LogP contribution < -0.4 is 14.5 Å². The van der Waals surface area contributed by atoms with Gasteiger partial charge in [-0.3, -0.25) is 19.4 Å². The van der Waals surface area contributed by atoms with Gasteiger partial charge in [0, 0.05) is 31.1 Å². The van der Waals surface area contributed by atoms with Gasteiger partial charge in [-0.25, -0.2) is 14.0 Å². The average molecular weight is 780 g/mol. The molecule has 0 bridgehead atoms. The molecule has 2 aromatic carbocycles. The summed E-state index contributed by atoms with van der Waals surface area (Å²) in [5.41, 5.74) is -3.76. The number of benzene rings is 2. The molecule has 4 rings (SSSR count). The van der Waals surface area contributed by atoms with Crippen LogP contribution in [0.5, 0.6) is 5.75 Å². The number of carbonyl (C=O) groups is 4. The lowest BCUT2D eigenvalue weighted by atomic mass is 10.0. The van der Waals surface area contributed by atoms with E-state index in [1.165, 1.54) is 36.6 Å². The van der Waals surface area contributed by atoms with E-state index in [1.807, 2.05) is 0 Å². The highest BCUT2D eigenvalue weighted by molar-refractivity contribution is 6.03. The van der Waals surface area contributed by atoms with Crippen LogP contribution in [0.3, 0.4) is 0 Å². The molecule has 2 aliphatic rings. The van der Waals surface area contributed by atoms with Crippen molar-refractivity contribution < 1.29 is 55.7 Å². The van der Waals surface area contributed by atoms with Crippen molar-refractivity contribution in [1.29, 1.82) is 0 Å². The summed E-state index contributed by atoms with van der Waals surface area (Å²) >= 11 is 0. The second-order valence-corrected chi connectivity index (χ2v) is 17.0. The van der Waals surface area contributed by atoms with Crippen molar-refractivity contribution in [2.24, 2.45) is 5.92 Å². The van der Waals surface area contributed by atoms with Gasteiger partial charge < -0.3 is 23.8 Å². The minimum atomic E-state index is -5.54. The number of ether oxygens (including phenoxy) is 4. The lowest BCUT2D eigenvalue weighted by Gasteiger charge is -2.34. The van der Waals surface area contributed by atoms with E-state index in [1.54, 1.807) is 71.9 Å². The molecule has 1 heterocycles. The Morgan fingerprint density at radius 2 is 1.40 bits per heavy atom. The van der Waals surface area contributed by atoms with Crippen LogP contribution in [0.25, 0.3) is 0 Å². The highest BCUT2D eigenvalue weighted by Crippen LogP contribution is 2.46. The molecule has 1 aliphatic carbocycles. The van der Waals surface area contributed by atoms with Gasteiger partial charge in [-0.15, -0.1) is 0 Å². The van der Waals surface area contributed by atoms with Crippen molar-refractivity contribution in [3.05, 3.63) is 53.3 Å². The molecular weight excluding hydrogens is 726 g/mol. The molecule has 1 saturated carbocycles. The topological polar surface area (TPSA) is 115 Å². The summed E-state index contributed by atoms with van der Waals surface area (Å²) in [4.78, 5) is 56.3. The number of hydrogen-bond acceptors (Lipinski definition) is 8. The Kier molecular flexibility index (Phi) is 13.1. The number of amides is 3. The highest BCUT2D eigenvalue weighted by Gasteiger charge is 2.48. The predicted octanol–water partition coefficient (Wildman–Crippen LogP) is 8.74. The number of esters is 1. The third-order valence-corrected chi connectivity index (χ3v) is 8.68. The van der Waals surface area contributed by atoms with Crippen LogP contribution in [0, 0.1) is 11.7 Å². The molecule has 2 aromatic rings. The molecule has 0 saturated heterocycles. The number of hydrogen-bond donors (Lipinski definition) is 0. The first-order valence-corrected chi connectivity index (χ1v) is 18.5. The molecule has 0 unspecified atom stereocenters. The Morgan fingerprint density at radius 1 is 0.818 bits per heavy atom. The molecule has 1 atom stereocenters. The minimum Gasteiger partial charge on any atom is -0.487 e. The molecule has 3 amide bonds. The minimum absolute atomic E-state index is 0.0394. The molecule has 304 valence electrons. The molecule has 1 aliphatic heterocycles. The van der Waals surface area contributed by atoms with E-state index in [9.17, 15) is 32.3 Å². The first-order chi connectivity index (χ1) is 25.3. The smallest absolute Gasteiger partial charge is 0.471 e. The second kappa shape index (κ2) is 16.7. The predicted molar refractivity (Wildman–Crippen MR) is 197 cm³/mol. The lowest BCUT2D eigenvalue weighted by Crippen LogP contribution is -2.50. The number of alkyl halides is 3. The van der Waals surface area contributed by atoms with Crippen molar-refractivity contribution >= 4 is 35.4 Å². The molecule has 11 nitrogen and oxygen atoms in total. The van der Waals surface area contributed by atoms with Gasteiger partial charge in [0.15, 0.2) is 5.82 Å². The molecule has 15 heteroatoms. The maximum Gasteiger partial charge on any atom is 0.471 e. The van der Waals surface area contributed by atoms with Gasteiger partial charge in [-0.2, -0.15) is 13.2 Å². The molecule has 0 radical (unpaired) electrons. The summed E-state index contributed by atoms with van der Waals surface area (Å²) in [6.45, 7) is 13.1. The average Bonchev–Trinajstić information content (AvgIpc) is 3.68. The van der Waals surface area contributed by atoms with E-state index in [2.05, 4.69) is 0 Å². The third kappa shape index (κ3) is 12.0. The molecule has 0 N–H and O–H groups in total. The van der Waals surface area contributed by atoms with Crippen LogP contribution in [0.1, 0.15) is 99.1 Å². The summed E-state index contributed by atoms with van der Waals surface area (Å²) in [7, 11) is 0. The van der Waals surface area contributed by atoms with Gasteiger partial charge >= 0.3 is 30.2 Å². The van der Waals surface area contributed by atoms with E-state index in [0.29, 0.717) is 12.1 Å². The lowest BCUT2D eigenvalue weighted by molar-refractivity contribution is -0.171. The summed E-state index contributed by atoms with van der Waals surface area (Å²) in [6, 6.07) is 8.65. The SMILES string of the molecule is CC(C)(C)OC(=O)CN(C(=O)C(F)(F)F)c1c(OCc2ccccc2)cc2c(c1F)C[C@H](CN(CC1CCCC1)C(=O)OC(C)(C)C)N2C(=O)OC(C)(C)C. The third-order valence-electron chi connectivity index (χ3n) is 8.68. The fraction of sp³-hybridized carbons (Fsp3) is 0.600. The summed E-state index contributed by atoms with van der Waals surface area (Å²) in [5.74, 6) is -5.48. The van der Waals surface area contributed by atoms with E-state index in [0.717, 1.165) is 25.7 Å². The monoisotopic (exact) mass is 779 g/mol. The van der Waals surface area contributed by atoms with Crippen molar-refractivity contribution in [2.75, 3.05) is 29.4 Å². The van der Waals surface area contributed by atoms with Crippen molar-refractivity contribution in [3.63, 3.8) is 0 Å². The quantitative estimate of drug-likeness (QED) is 0.134. The summed E-state index contributed by atoms with van der Waals surface area (Å²) in [5, 5.41) is 0. The summed E-state index contributed by atoms with van der Waals surface area (Å²) < 4.78 is 82.6. The van der Waals surface area contributed by atoms with Crippen LogP contribution in [-0.4, -0.2) is 77.6 Å². The van der Waals surface area contributed by atoms with Crippen LogP contribution >= 0.6 is 0 Å². The van der Waals surface area contributed by atoms with Gasteiger partial charge in [0.25, 0.3) is 0 Å². The number of anilines is 2. The van der Waals surface area contributed by atoms with Gasteiger partial charge in [0.05, 0.1) is 11.7 Å². The Bertz CT molecular complexity index is 1710. The van der Waals surface area contributed by atoms with Gasteiger partial charge in [-0.05, 0) is 86.6 Å². The number of fused-ring (bicyclic) bond motifs is 1. The zero-order valence-electron chi connectivity index (χ0n) is 33.1. The Morgan fingerprint density at radius 3 is 1.95 bits per heavy atom. The highest BCUT2D eigenvalue weighted by atomic mass is 19.4. The molecule has 0 spiro atoms. The maximum atomic E-state index is 17.3. The first kappa shape index (κ1) is 43.2. The zero-order chi connectivity index (χ0) is 41.1. The number of nitrogens with zero attached hydrogens (tertiary/aromatic N) is 3. The standard InChI is InChI=1S/C40H53F4N3O8/c1-37(2,3)53-31(48)23-46(34(49)40(42,43)44)33-30(52-24-26-17-11-10-12-18-26)20-29-28(32(33)41)19-27(47(29)36(51)55-39(7,8)9)22-45(21-25-15-13-14-16-25)35(50)54-38(4,5)6/h10-12,17-18,20,25,27H,13-16,19,21-24H2,1-9H3/t27-/m1/s1. The van der Waals surface area contributed by atoms with Crippen LogP contribution in [0.4, 0.5) is 38.5 Å². The number of rotatable bonds is 10. The molecular formula is C40H53F4N3O8. The fourth-order valence-corrected chi connectivity index (χ4v) is 6.59. The Hall–Kier alpha value is -4.56. The van der Waals surface area contributed by atoms with E-state index < -0.39 is 76.9 Å². The Labute approximate surface area is 320 Å². The second-order valence-electron chi connectivity index (χ2n) is 17.0. The van der Waals surface area contributed by atoms with Crippen LogP contribution in [0.15, 0.2) is 36.4 Å². The van der Waals surface area contributed by atoms with Crippen molar-refractivity contribution in [2.45, 2.75) is 130 Å². The molecule has 55 heavy (non-hydrogen) atoms. The van der Waals surface area contributed by atoms with Crippen molar-refractivity contribution in [1.82, 2.24) is 4.90 Å². The van der Waals surface area contributed by atoms with E-state index in [-0.39, 0.29) is 41.6 Å².